The van der Waals surface area contributed by atoms with Crippen LogP contribution < -0.4 is 5.73 Å². The zero-order chi connectivity index (χ0) is 15.7. The third-order valence-corrected chi connectivity index (χ3v) is 4.23. The first-order valence-electron chi connectivity index (χ1n) is 7.49. The number of aromatic nitrogens is 2. The second kappa shape index (κ2) is 6.10. The van der Waals surface area contributed by atoms with Crippen LogP contribution in [0.15, 0.2) is 24.3 Å². The van der Waals surface area contributed by atoms with Crippen LogP contribution in [0.5, 0.6) is 0 Å². The summed E-state index contributed by atoms with van der Waals surface area (Å²) in [7, 11) is 0. The van der Waals surface area contributed by atoms with E-state index in [9.17, 15) is 4.79 Å². The fraction of sp³-hybridized carbons (Fsp3) is 0.375. The Balaban J connectivity index is 2.05. The summed E-state index contributed by atoms with van der Waals surface area (Å²) in [5.41, 5.74) is 8.83. The predicted octanol–water partition coefficient (Wildman–Crippen LogP) is 2.39. The Bertz CT molecular complexity index is 693. The molecule has 0 aliphatic carbocycles. The summed E-state index contributed by atoms with van der Waals surface area (Å²) in [6, 6.07) is 7.44. The molecule has 2 heterocycles. The Hall–Kier alpha value is -1.85. The molecule has 2 aromatic rings. The van der Waals surface area contributed by atoms with E-state index in [-0.39, 0.29) is 0 Å². The average molecular weight is 319 g/mol. The van der Waals surface area contributed by atoms with Gasteiger partial charge in [-0.3, -0.25) is 9.69 Å². The molecule has 3 rings (SSSR count). The van der Waals surface area contributed by atoms with Gasteiger partial charge in [-0.15, -0.1) is 0 Å². The largest absolute Gasteiger partial charge is 0.364 e. The number of primary amides is 1. The first kappa shape index (κ1) is 15.1. The van der Waals surface area contributed by atoms with Crippen molar-refractivity contribution >= 4 is 17.5 Å². The highest BCUT2D eigenvalue weighted by molar-refractivity contribution is 6.30. The standard InChI is InChI=1S/C16H19ClN4O/c1-2-8-20-9-7-14-13(10-20)15(16(18)22)19-21(14)12-5-3-11(17)4-6-12/h3-6H,2,7-10H2,1H3,(H2,18,22). The van der Waals surface area contributed by atoms with Crippen molar-refractivity contribution in [3.8, 4) is 5.69 Å². The molecule has 116 valence electrons. The van der Waals surface area contributed by atoms with Crippen LogP contribution >= 0.6 is 11.6 Å². The number of carbonyl (C=O) groups excluding carboxylic acids is 1. The minimum atomic E-state index is -0.470. The number of nitrogens with two attached hydrogens (primary N) is 1. The molecule has 0 spiro atoms. The van der Waals surface area contributed by atoms with Crippen molar-refractivity contribution in [2.45, 2.75) is 26.3 Å². The van der Waals surface area contributed by atoms with Crippen molar-refractivity contribution in [3.05, 3.63) is 46.2 Å². The fourth-order valence-corrected chi connectivity index (χ4v) is 3.10. The molecular formula is C16H19ClN4O. The van der Waals surface area contributed by atoms with Gasteiger partial charge in [0.25, 0.3) is 5.91 Å². The molecule has 2 N–H and O–H groups in total. The molecule has 22 heavy (non-hydrogen) atoms. The van der Waals surface area contributed by atoms with Crippen LogP contribution in [0.2, 0.25) is 5.02 Å². The maximum absolute atomic E-state index is 11.7. The maximum atomic E-state index is 11.7. The average Bonchev–Trinajstić information content (AvgIpc) is 2.87. The lowest BCUT2D eigenvalue weighted by molar-refractivity contribution is 0.0993. The van der Waals surface area contributed by atoms with Crippen molar-refractivity contribution in [1.29, 1.82) is 0 Å². The van der Waals surface area contributed by atoms with E-state index in [2.05, 4.69) is 16.9 Å². The number of hydrogen-bond acceptors (Lipinski definition) is 3. The van der Waals surface area contributed by atoms with E-state index in [4.69, 9.17) is 17.3 Å². The number of halogens is 1. The smallest absolute Gasteiger partial charge is 0.269 e. The molecule has 1 amide bonds. The number of carbonyl (C=O) groups is 1. The summed E-state index contributed by atoms with van der Waals surface area (Å²) in [6.45, 7) is 4.87. The molecule has 0 radical (unpaired) electrons. The number of rotatable bonds is 4. The molecular weight excluding hydrogens is 300 g/mol. The quantitative estimate of drug-likeness (QED) is 0.941. The number of benzene rings is 1. The Morgan fingerprint density at radius 2 is 2.09 bits per heavy atom. The molecule has 0 saturated carbocycles. The number of hydrogen-bond donors (Lipinski definition) is 1. The van der Waals surface area contributed by atoms with Crippen LogP contribution in [0.1, 0.15) is 35.1 Å². The molecule has 5 nitrogen and oxygen atoms in total. The van der Waals surface area contributed by atoms with E-state index in [0.717, 1.165) is 49.4 Å². The van der Waals surface area contributed by atoms with Crippen molar-refractivity contribution in [2.75, 3.05) is 13.1 Å². The Labute approximate surface area is 134 Å². The topological polar surface area (TPSA) is 64.2 Å². The summed E-state index contributed by atoms with van der Waals surface area (Å²) in [5, 5.41) is 5.13. The molecule has 1 aromatic heterocycles. The molecule has 0 fully saturated rings. The van der Waals surface area contributed by atoms with E-state index >= 15 is 0 Å². The Morgan fingerprint density at radius 3 is 2.73 bits per heavy atom. The van der Waals surface area contributed by atoms with Gasteiger partial charge in [0.15, 0.2) is 5.69 Å². The molecule has 1 aliphatic rings. The van der Waals surface area contributed by atoms with E-state index in [0.29, 0.717) is 10.7 Å². The zero-order valence-corrected chi connectivity index (χ0v) is 13.3. The van der Waals surface area contributed by atoms with Gasteiger partial charge in [-0.05, 0) is 37.2 Å². The van der Waals surface area contributed by atoms with Gasteiger partial charge in [0, 0.05) is 30.1 Å². The van der Waals surface area contributed by atoms with Crippen molar-refractivity contribution < 1.29 is 4.79 Å². The second-order valence-corrected chi connectivity index (χ2v) is 5.99. The van der Waals surface area contributed by atoms with Crippen LogP contribution in [-0.4, -0.2) is 33.7 Å². The zero-order valence-electron chi connectivity index (χ0n) is 12.6. The van der Waals surface area contributed by atoms with Crippen molar-refractivity contribution in [1.82, 2.24) is 14.7 Å². The minimum absolute atomic E-state index is 0.380. The summed E-state index contributed by atoms with van der Waals surface area (Å²) in [6.07, 6.45) is 1.95. The summed E-state index contributed by atoms with van der Waals surface area (Å²) < 4.78 is 1.83. The molecule has 6 heteroatoms. The highest BCUT2D eigenvalue weighted by Gasteiger charge is 2.27. The lowest BCUT2D eigenvalue weighted by Gasteiger charge is -2.27. The third-order valence-electron chi connectivity index (χ3n) is 3.98. The lowest BCUT2D eigenvalue weighted by Crippen LogP contribution is -2.32. The second-order valence-electron chi connectivity index (χ2n) is 5.55. The van der Waals surface area contributed by atoms with Gasteiger partial charge < -0.3 is 5.73 Å². The van der Waals surface area contributed by atoms with E-state index in [1.54, 1.807) is 0 Å². The van der Waals surface area contributed by atoms with Crippen LogP contribution in [-0.2, 0) is 13.0 Å². The first-order chi connectivity index (χ1) is 10.6. The van der Waals surface area contributed by atoms with Gasteiger partial charge >= 0.3 is 0 Å². The van der Waals surface area contributed by atoms with Gasteiger partial charge in [-0.1, -0.05) is 18.5 Å². The van der Waals surface area contributed by atoms with Crippen molar-refractivity contribution in [3.63, 3.8) is 0 Å². The molecule has 0 saturated heterocycles. The Kier molecular flexibility index (Phi) is 4.18. The monoisotopic (exact) mass is 318 g/mol. The maximum Gasteiger partial charge on any atom is 0.269 e. The normalized spacial score (nSPS) is 14.8. The number of nitrogens with zero attached hydrogens (tertiary/aromatic N) is 3. The minimum Gasteiger partial charge on any atom is -0.364 e. The van der Waals surface area contributed by atoms with Crippen LogP contribution in [0, 0.1) is 0 Å². The van der Waals surface area contributed by atoms with Crippen LogP contribution in [0.4, 0.5) is 0 Å². The van der Waals surface area contributed by atoms with Gasteiger partial charge in [0.2, 0.25) is 0 Å². The third kappa shape index (κ3) is 2.74. The van der Waals surface area contributed by atoms with Crippen LogP contribution in [0.3, 0.4) is 0 Å². The van der Waals surface area contributed by atoms with Crippen molar-refractivity contribution in [2.24, 2.45) is 5.73 Å². The summed E-state index contributed by atoms with van der Waals surface area (Å²) in [5.74, 6) is -0.470. The number of fused-ring (bicyclic) bond motifs is 1. The van der Waals surface area contributed by atoms with Gasteiger partial charge in [0.05, 0.1) is 11.4 Å². The summed E-state index contributed by atoms with van der Waals surface area (Å²) >= 11 is 5.94. The first-order valence-corrected chi connectivity index (χ1v) is 7.86. The van der Waals surface area contributed by atoms with Crippen LogP contribution in [0.25, 0.3) is 5.69 Å². The van der Waals surface area contributed by atoms with Gasteiger partial charge in [-0.2, -0.15) is 5.10 Å². The highest BCUT2D eigenvalue weighted by Crippen LogP contribution is 2.26. The number of amides is 1. The predicted molar refractivity (Wildman–Crippen MR) is 86.4 cm³/mol. The fourth-order valence-electron chi connectivity index (χ4n) is 2.98. The lowest BCUT2D eigenvalue weighted by atomic mass is 10.0. The Morgan fingerprint density at radius 1 is 1.36 bits per heavy atom. The SMILES string of the molecule is CCCN1CCc2c(c(C(N)=O)nn2-c2ccc(Cl)cc2)C1. The molecule has 0 bridgehead atoms. The molecule has 0 atom stereocenters. The molecule has 0 unspecified atom stereocenters. The van der Waals surface area contributed by atoms with E-state index in [1.807, 2.05) is 28.9 Å². The molecule has 1 aromatic carbocycles. The highest BCUT2D eigenvalue weighted by atomic mass is 35.5. The molecule has 1 aliphatic heterocycles. The van der Waals surface area contributed by atoms with E-state index < -0.39 is 5.91 Å². The van der Waals surface area contributed by atoms with E-state index in [1.165, 1.54) is 0 Å². The van der Waals surface area contributed by atoms with Gasteiger partial charge in [-0.25, -0.2) is 4.68 Å². The van der Waals surface area contributed by atoms with Gasteiger partial charge in [0.1, 0.15) is 0 Å². The summed E-state index contributed by atoms with van der Waals surface area (Å²) in [4.78, 5) is 14.1.